The smallest absolute Gasteiger partial charge is 0.256 e. The number of rotatable bonds is 5. The zero-order chi connectivity index (χ0) is 29.1. The van der Waals surface area contributed by atoms with Crippen LogP contribution in [0.3, 0.4) is 0 Å². The van der Waals surface area contributed by atoms with Gasteiger partial charge in [0.15, 0.2) is 0 Å². The number of H-pyrrole nitrogens is 1. The van der Waals surface area contributed by atoms with Crippen LogP contribution in [0.25, 0.3) is 16.7 Å². The van der Waals surface area contributed by atoms with Crippen molar-refractivity contribution in [3.05, 3.63) is 81.6 Å². The van der Waals surface area contributed by atoms with Crippen molar-refractivity contribution in [1.82, 2.24) is 29.5 Å². The van der Waals surface area contributed by atoms with Crippen molar-refractivity contribution in [2.24, 2.45) is 0 Å². The number of anilines is 1. The molecule has 2 amide bonds. The van der Waals surface area contributed by atoms with E-state index in [0.29, 0.717) is 49.5 Å². The van der Waals surface area contributed by atoms with Gasteiger partial charge in [0.1, 0.15) is 5.52 Å². The maximum absolute atomic E-state index is 14.4. The van der Waals surface area contributed by atoms with E-state index >= 15 is 0 Å². The van der Waals surface area contributed by atoms with Gasteiger partial charge in [-0.3, -0.25) is 9.59 Å². The van der Waals surface area contributed by atoms with Crippen LogP contribution >= 0.6 is 15.9 Å². The summed E-state index contributed by atoms with van der Waals surface area (Å²) in [5.74, 6) is 1.03. The van der Waals surface area contributed by atoms with Crippen LogP contribution in [0.15, 0.2) is 53.5 Å². The molecule has 2 aromatic heterocycles. The van der Waals surface area contributed by atoms with Crippen LogP contribution in [0.1, 0.15) is 65.1 Å². The maximum atomic E-state index is 14.4. The van der Waals surface area contributed by atoms with Gasteiger partial charge in [0, 0.05) is 55.6 Å². The number of nitrogens with one attached hydrogen (secondary N) is 1. The summed E-state index contributed by atoms with van der Waals surface area (Å²) in [6, 6.07) is 12.0. The highest BCUT2D eigenvalue weighted by atomic mass is 79.9. The van der Waals surface area contributed by atoms with Crippen LogP contribution in [0, 0.1) is 0 Å². The summed E-state index contributed by atoms with van der Waals surface area (Å²) in [5.41, 5.74) is 7.47. The lowest BCUT2D eigenvalue weighted by atomic mass is 9.94. The monoisotopic (exact) mass is 627 g/mol. The van der Waals surface area contributed by atoms with Gasteiger partial charge in [-0.25, -0.2) is 9.67 Å². The topological polar surface area (TPSA) is 90.4 Å². The van der Waals surface area contributed by atoms with Crippen molar-refractivity contribution in [1.29, 1.82) is 0 Å². The molecule has 9 nitrogen and oxygen atoms in total. The van der Waals surface area contributed by atoms with Gasteiger partial charge in [-0.15, -0.1) is 0 Å². The lowest BCUT2D eigenvalue weighted by Crippen LogP contribution is -2.46. The van der Waals surface area contributed by atoms with Gasteiger partial charge in [0.25, 0.3) is 5.91 Å². The molecule has 10 heteroatoms. The molecule has 0 bridgehead atoms. The van der Waals surface area contributed by atoms with Crippen LogP contribution in [-0.2, 0) is 17.6 Å². The van der Waals surface area contributed by atoms with Crippen LogP contribution in [0.4, 0.5) is 5.95 Å². The molecule has 1 saturated heterocycles. The van der Waals surface area contributed by atoms with Gasteiger partial charge in [0.05, 0.1) is 34.2 Å². The number of carbonyl (C=O) groups excluding carboxylic acids is 2. The van der Waals surface area contributed by atoms with Crippen LogP contribution in [0.2, 0.25) is 0 Å². The van der Waals surface area contributed by atoms with Gasteiger partial charge in [0.2, 0.25) is 11.9 Å². The van der Waals surface area contributed by atoms with Crippen molar-refractivity contribution in [3.8, 4) is 5.69 Å². The summed E-state index contributed by atoms with van der Waals surface area (Å²) in [6.45, 7) is 11.5. The predicted octanol–water partition coefficient (Wildman–Crippen LogP) is 5.15. The number of nitrogens with zero attached hydrogens (tertiary/aromatic N) is 6. The van der Waals surface area contributed by atoms with E-state index in [-0.39, 0.29) is 17.9 Å². The largest absolute Gasteiger partial charge is 0.342 e. The Morgan fingerprint density at radius 2 is 1.86 bits per heavy atom. The van der Waals surface area contributed by atoms with E-state index in [0.717, 1.165) is 58.1 Å². The zero-order valence-electron chi connectivity index (χ0n) is 23.9. The van der Waals surface area contributed by atoms with Crippen molar-refractivity contribution < 1.29 is 9.59 Å². The van der Waals surface area contributed by atoms with Crippen molar-refractivity contribution in [3.63, 3.8) is 0 Å². The molecule has 0 unspecified atom stereocenters. The Balaban J connectivity index is 1.30. The zero-order valence-corrected chi connectivity index (χ0v) is 25.5. The van der Waals surface area contributed by atoms with Gasteiger partial charge in [-0.2, -0.15) is 5.10 Å². The van der Waals surface area contributed by atoms with E-state index in [2.05, 4.69) is 75.2 Å². The Morgan fingerprint density at radius 1 is 1.07 bits per heavy atom. The third kappa shape index (κ3) is 4.35. The number of hydrogen-bond acceptors (Lipinski definition) is 5. The fraction of sp³-hybridized carbons (Fsp3) is 0.375. The number of fused-ring (bicyclic) bond motifs is 1. The molecule has 2 aromatic carbocycles. The minimum atomic E-state index is -0.321. The van der Waals surface area contributed by atoms with E-state index < -0.39 is 0 Å². The number of imidazole rings is 1. The van der Waals surface area contributed by atoms with E-state index in [1.165, 1.54) is 11.6 Å². The number of benzene rings is 2. The van der Waals surface area contributed by atoms with E-state index in [9.17, 15) is 9.59 Å². The Kier molecular flexibility index (Phi) is 6.68. The Labute approximate surface area is 253 Å². The minimum absolute atomic E-state index is 0.0855. The van der Waals surface area contributed by atoms with E-state index in [4.69, 9.17) is 10.1 Å². The molecule has 1 fully saturated rings. The van der Waals surface area contributed by atoms with Crippen LogP contribution in [0.5, 0.6) is 0 Å². The number of hydrogen-bond donors (Lipinski definition) is 1. The molecular formula is C32H34BrN7O2. The van der Waals surface area contributed by atoms with Crippen molar-refractivity contribution in [2.45, 2.75) is 45.1 Å². The molecule has 1 N–H and O–H groups in total. The number of carbonyl (C=O) groups is 2. The predicted molar refractivity (Wildman–Crippen MR) is 166 cm³/mol. The third-order valence-corrected chi connectivity index (χ3v) is 9.59. The summed E-state index contributed by atoms with van der Waals surface area (Å²) < 4.78 is 2.93. The summed E-state index contributed by atoms with van der Waals surface area (Å²) in [5, 5.41) is 5.09. The standard InChI is InChI=1S/C32H34BrN7O2/c1-4-27(41)38-16-12-24-28-25(40(36-24)21-8-6-20(7-9-21)19(2)3)13-17-39(26(28)18-38)31(42)22-10-11-23(33)30-29(22)34-32(35-30)37-14-5-15-37/h4,6-11,19,26H,1,5,12-18H2,2-3H3,(H,34,35)/t26-/m1/s1. The lowest BCUT2D eigenvalue weighted by molar-refractivity contribution is -0.126. The molecule has 4 aromatic rings. The highest BCUT2D eigenvalue weighted by Crippen LogP contribution is 2.39. The summed E-state index contributed by atoms with van der Waals surface area (Å²) in [7, 11) is 0. The molecule has 216 valence electrons. The second-order valence-corrected chi connectivity index (χ2v) is 12.5. The fourth-order valence-corrected chi connectivity index (χ4v) is 6.85. The first kappa shape index (κ1) is 26.9. The quantitative estimate of drug-likeness (QED) is 0.309. The third-order valence-electron chi connectivity index (χ3n) is 8.93. The molecule has 0 aliphatic carbocycles. The minimum Gasteiger partial charge on any atom is -0.342 e. The number of aromatic nitrogens is 4. The van der Waals surface area contributed by atoms with Gasteiger partial charge in [-0.05, 0) is 64.2 Å². The van der Waals surface area contributed by atoms with Crippen molar-refractivity contribution in [2.75, 3.05) is 37.6 Å². The molecule has 1 atom stereocenters. The van der Waals surface area contributed by atoms with E-state index in [1.807, 2.05) is 17.0 Å². The molecule has 3 aliphatic heterocycles. The SMILES string of the molecule is C=CC(=O)N1CCc2nn(-c3ccc(C(C)C)cc3)c3c2[C@@H](C1)N(C(=O)c1ccc(Br)c2[nH]c(N4CCC4)nc12)CC3. The molecule has 3 aliphatic rings. The molecule has 0 spiro atoms. The summed E-state index contributed by atoms with van der Waals surface area (Å²) >= 11 is 3.64. The first-order chi connectivity index (χ1) is 20.3. The molecule has 7 rings (SSSR count). The first-order valence-electron chi connectivity index (χ1n) is 14.7. The molecule has 42 heavy (non-hydrogen) atoms. The summed E-state index contributed by atoms with van der Waals surface area (Å²) in [6.07, 6.45) is 3.79. The average molecular weight is 629 g/mol. The van der Waals surface area contributed by atoms with Gasteiger partial charge in [-0.1, -0.05) is 32.6 Å². The highest BCUT2D eigenvalue weighted by molar-refractivity contribution is 9.10. The lowest BCUT2D eigenvalue weighted by Gasteiger charge is -2.38. The molecular weight excluding hydrogens is 594 g/mol. The van der Waals surface area contributed by atoms with Crippen LogP contribution < -0.4 is 4.90 Å². The molecule has 5 heterocycles. The normalized spacial score (nSPS) is 18.2. The Bertz CT molecular complexity index is 1720. The Morgan fingerprint density at radius 3 is 2.55 bits per heavy atom. The maximum Gasteiger partial charge on any atom is 0.256 e. The molecule has 0 radical (unpaired) electrons. The average Bonchev–Trinajstić information content (AvgIpc) is 3.51. The summed E-state index contributed by atoms with van der Waals surface area (Å²) in [4.78, 5) is 41.5. The van der Waals surface area contributed by atoms with Gasteiger partial charge < -0.3 is 19.7 Å². The van der Waals surface area contributed by atoms with Gasteiger partial charge >= 0.3 is 0 Å². The van der Waals surface area contributed by atoms with Crippen molar-refractivity contribution >= 4 is 44.7 Å². The number of aromatic amines is 1. The fourth-order valence-electron chi connectivity index (χ4n) is 6.43. The second-order valence-electron chi connectivity index (χ2n) is 11.7. The molecule has 0 saturated carbocycles. The van der Waals surface area contributed by atoms with E-state index in [1.54, 1.807) is 4.90 Å². The second kappa shape index (κ2) is 10.4. The van der Waals surface area contributed by atoms with Crippen LogP contribution in [-0.4, -0.2) is 74.1 Å². The first-order valence-corrected chi connectivity index (χ1v) is 15.5. The number of halogens is 1. The highest BCUT2D eigenvalue weighted by Gasteiger charge is 2.40. The Hall–Kier alpha value is -3.92. The number of amides is 2.